The van der Waals surface area contributed by atoms with Crippen molar-refractivity contribution in [1.82, 2.24) is 5.32 Å². The van der Waals surface area contributed by atoms with Gasteiger partial charge in [0.15, 0.2) is 0 Å². The summed E-state index contributed by atoms with van der Waals surface area (Å²) in [7, 11) is 2.10. The predicted octanol–water partition coefficient (Wildman–Crippen LogP) is 4.73. The van der Waals surface area contributed by atoms with Gasteiger partial charge in [0.25, 0.3) is 0 Å². The molecule has 0 heterocycles. The zero-order valence-electron chi connectivity index (χ0n) is 13.1. The van der Waals surface area contributed by atoms with E-state index in [1.807, 2.05) is 19.1 Å². The molecule has 3 rings (SSSR count). The first-order chi connectivity index (χ1) is 10.2. The van der Waals surface area contributed by atoms with Gasteiger partial charge in [-0.3, -0.25) is 0 Å². The van der Waals surface area contributed by atoms with Crippen LogP contribution in [-0.4, -0.2) is 19.2 Å². The molecule has 21 heavy (non-hydrogen) atoms. The van der Waals surface area contributed by atoms with Gasteiger partial charge < -0.3 is 10.1 Å². The SMILES string of the molecule is CNC1CC(Oc2ccc(Cl)c(C)c2)C12CCCCCC2. The Bertz CT molecular complexity index is 494. The third-order valence-corrected chi connectivity index (χ3v) is 6.00. The van der Waals surface area contributed by atoms with Crippen molar-refractivity contribution in [3.8, 4) is 5.75 Å². The van der Waals surface area contributed by atoms with Crippen molar-refractivity contribution in [2.75, 3.05) is 7.05 Å². The molecule has 2 fully saturated rings. The number of nitrogens with one attached hydrogen (secondary N) is 1. The van der Waals surface area contributed by atoms with Crippen molar-refractivity contribution in [3.63, 3.8) is 0 Å². The van der Waals surface area contributed by atoms with Gasteiger partial charge >= 0.3 is 0 Å². The summed E-state index contributed by atoms with van der Waals surface area (Å²) in [5.74, 6) is 0.972. The quantitative estimate of drug-likeness (QED) is 0.872. The second kappa shape index (κ2) is 6.18. The molecule has 2 aliphatic carbocycles. The molecule has 0 saturated heterocycles. The van der Waals surface area contributed by atoms with Crippen LogP contribution in [0.15, 0.2) is 18.2 Å². The van der Waals surface area contributed by atoms with Crippen molar-refractivity contribution < 1.29 is 4.74 Å². The summed E-state index contributed by atoms with van der Waals surface area (Å²) in [6, 6.07) is 6.64. The molecular formula is C18H26ClNO. The molecule has 2 atom stereocenters. The molecule has 2 saturated carbocycles. The first-order valence-electron chi connectivity index (χ1n) is 8.26. The highest BCUT2D eigenvalue weighted by molar-refractivity contribution is 6.31. The molecule has 3 heteroatoms. The van der Waals surface area contributed by atoms with E-state index in [9.17, 15) is 0 Å². The van der Waals surface area contributed by atoms with Crippen molar-refractivity contribution >= 4 is 11.6 Å². The largest absolute Gasteiger partial charge is 0.490 e. The number of aryl methyl sites for hydroxylation is 1. The summed E-state index contributed by atoms with van der Waals surface area (Å²) in [5, 5.41) is 4.34. The molecule has 2 nitrogen and oxygen atoms in total. The standard InChI is InChI=1S/C18H26ClNO/c1-13-11-14(7-8-15(13)19)21-17-12-16(20-2)18(17)9-5-3-4-6-10-18/h7-8,11,16-17,20H,3-6,9-10,12H2,1-2H3. The predicted molar refractivity (Wildman–Crippen MR) is 88.2 cm³/mol. The molecule has 0 radical (unpaired) electrons. The van der Waals surface area contributed by atoms with Crippen LogP contribution in [0.1, 0.15) is 50.5 Å². The molecule has 2 aliphatic rings. The van der Waals surface area contributed by atoms with Gasteiger partial charge in [0.1, 0.15) is 11.9 Å². The summed E-state index contributed by atoms with van der Waals surface area (Å²) in [5.41, 5.74) is 1.44. The number of rotatable bonds is 3. The maximum atomic E-state index is 6.37. The van der Waals surface area contributed by atoms with E-state index in [4.69, 9.17) is 16.3 Å². The van der Waals surface area contributed by atoms with Crippen LogP contribution >= 0.6 is 11.6 Å². The van der Waals surface area contributed by atoms with E-state index < -0.39 is 0 Å². The zero-order chi connectivity index (χ0) is 14.9. The summed E-state index contributed by atoms with van der Waals surface area (Å²) >= 11 is 6.11. The molecule has 0 aromatic heterocycles. The summed E-state index contributed by atoms with van der Waals surface area (Å²) in [6.45, 7) is 2.04. The first kappa shape index (κ1) is 15.2. The van der Waals surface area contributed by atoms with Gasteiger partial charge in [-0.25, -0.2) is 0 Å². The minimum absolute atomic E-state index is 0.346. The van der Waals surface area contributed by atoms with Crippen LogP contribution in [0.4, 0.5) is 0 Å². The summed E-state index contributed by atoms with van der Waals surface area (Å²) in [4.78, 5) is 0. The van der Waals surface area contributed by atoms with Crippen LogP contribution in [0, 0.1) is 12.3 Å². The summed E-state index contributed by atoms with van der Waals surface area (Å²) < 4.78 is 6.37. The van der Waals surface area contributed by atoms with Crippen molar-refractivity contribution in [2.45, 2.75) is 64.0 Å². The third-order valence-electron chi connectivity index (χ3n) is 5.58. The molecule has 1 aromatic carbocycles. The molecule has 0 bridgehead atoms. The minimum atomic E-state index is 0.346. The second-order valence-corrected chi connectivity index (χ2v) is 7.15. The molecule has 116 valence electrons. The number of halogens is 1. The highest BCUT2D eigenvalue weighted by Gasteiger charge is 2.55. The van der Waals surface area contributed by atoms with Gasteiger partial charge in [-0.1, -0.05) is 37.3 Å². The second-order valence-electron chi connectivity index (χ2n) is 6.74. The Labute approximate surface area is 133 Å². The van der Waals surface area contributed by atoms with Crippen LogP contribution in [0.3, 0.4) is 0 Å². The van der Waals surface area contributed by atoms with E-state index in [0.29, 0.717) is 17.6 Å². The smallest absolute Gasteiger partial charge is 0.120 e. The van der Waals surface area contributed by atoms with Gasteiger partial charge in [0.05, 0.1) is 0 Å². The third kappa shape index (κ3) is 2.80. The lowest BCUT2D eigenvalue weighted by Gasteiger charge is -2.55. The van der Waals surface area contributed by atoms with E-state index in [2.05, 4.69) is 18.4 Å². The van der Waals surface area contributed by atoms with Gasteiger partial charge in [0.2, 0.25) is 0 Å². The molecule has 2 unspecified atom stereocenters. The van der Waals surface area contributed by atoms with Gasteiger partial charge in [-0.15, -0.1) is 0 Å². The van der Waals surface area contributed by atoms with Crippen molar-refractivity contribution in [3.05, 3.63) is 28.8 Å². The highest BCUT2D eigenvalue weighted by Crippen LogP contribution is 2.52. The van der Waals surface area contributed by atoms with Crippen LogP contribution < -0.4 is 10.1 Å². The maximum absolute atomic E-state index is 6.37. The Kier molecular flexibility index (Phi) is 4.46. The Hall–Kier alpha value is -0.730. The lowest BCUT2D eigenvalue weighted by atomic mass is 9.58. The Morgan fingerprint density at radius 2 is 1.90 bits per heavy atom. The fourth-order valence-corrected chi connectivity index (χ4v) is 4.35. The highest BCUT2D eigenvalue weighted by atomic mass is 35.5. The van der Waals surface area contributed by atoms with Crippen molar-refractivity contribution in [2.24, 2.45) is 5.41 Å². The van der Waals surface area contributed by atoms with Crippen LogP contribution in [0.25, 0.3) is 0 Å². The molecule has 1 aromatic rings. The summed E-state index contributed by atoms with van der Waals surface area (Å²) in [6.07, 6.45) is 9.53. The molecule has 1 N–H and O–H groups in total. The van der Waals surface area contributed by atoms with E-state index >= 15 is 0 Å². The van der Waals surface area contributed by atoms with Crippen LogP contribution in [-0.2, 0) is 0 Å². The van der Waals surface area contributed by atoms with Crippen molar-refractivity contribution in [1.29, 1.82) is 0 Å². The number of hydrogen-bond acceptors (Lipinski definition) is 2. The average molecular weight is 308 g/mol. The zero-order valence-corrected chi connectivity index (χ0v) is 13.9. The lowest BCUT2D eigenvalue weighted by molar-refractivity contribution is -0.0882. The molecule has 0 amide bonds. The molecule has 0 aliphatic heterocycles. The minimum Gasteiger partial charge on any atom is -0.490 e. The van der Waals surface area contributed by atoms with E-state index in [1.165, 1.54) is 38.5 Å². The van der Waals surface area contributed by atoms with Gasteiger partial charge in [0, 0.05) is 22.9 Å². The topological polar surface area (TPSA) is 21.3 Å². The Morgan fingerprint density at radius 1 is 1.19 bits per heavy atom. The number of hydrogen-bond donors (Lipinski definition) is 1. The normalized spacial score (nSPS) is 28.0. The van der Waals surface area contributed by atoms with E-state index in [-0.39, 0.29) is 0 Å². The molecular weight excluding hydrogens is 282 g/mol. The van der Waals surface area contributed by atoms with E-state index in [0.717, 1.165) is 22.8 Å². The number of ether oxygens (including phenoxy) is 1. The number of benzene rings is 1. The fourth-order valence-electron chi connectivity index (χ4n) is 4.23. The lowest BCUT2D eigenvalue weighted by Crippen LogP contribution is -2.64. The van der Waals surface area contributed by atoms with E-state index in [1.54, 1.807) is 0 Å². The van der Waals surface area contributed by atoms with Crippen LogP contribution in [0.2, 0.25) is 5.02 Å². The molecule has 1 spiro atoms. The first-order valence-corrected chi connectivity index (χ1v) is 8.63. The van der Waals surface area contributed by atoms with Crippen LogP contribution in [0.5, 0.6) is 5.75 Å². The monoisotopic (exact) mass is 307 g/mol. The average Bonchev–Trinajstić information content (AvgIpc) is 2.74. The fraction of sp³-hybridized carbons (Fsp3) is 0.667. The Morgan fingerprint density at radius 3 is 2.52 bits per heavy atom. The Balaban J connectivity index is 1.76. The van der Waals surface area contributed by atoms with Gasteiger partial charge in [-0.05, 0) is 50.6 Å². The maximum Gasteiger partial charge on any atom is 0.120 e. The van der Waals surface area contributed by atoms with Gasteiger partial charge in [-0.2, -0.15) is 0 Å².